The van der Waals surface area contributed by atoms with E-state index in [9.17, 15) is 9.90 Å². The number of aliphatic hydroxyl groups is 1. The minimum atomic E-state index is -0.658. The molecule has 112 valence electrons. The fourth-order valence-electron chi connectivity index (χ4n) is 3.04. The summed E-state index contributed by atoms with van der Waals surface area (Å²) in [6.07, 6.45) is 3.76. The van der Waals surface area contributed by atoms with Gasteiger partial charge in [-0.05, 0) is 49.1 Å². The van der Waals surface area contributed by atoms with Crippen LogP contribution in [0, 0.1) is 5.92 Å². The number of aromatic amines is 1. The second-order valence-electron chi connectivity index (χ2n) is 6.36. The van der Waals surface area contributed by atoms with Gasteiger partial charge < -0.3 is 15.4 Å². The molecule has 1 saturated carbocycles. The number of nitrogens with one attached hydrogen (secondary N) is 2. The lowest BCUT2D eigenvalue weighted by atomic mass is 9.79. The lowest BCUT2D eigenvalue weighted by Crippen LogP contribution is -2.40. The molecule has 1 fully saturated rings. The van der Waals surface area contributed by atoms with Gasteiger partial charge >= 0.3 is 0 Å². The lowest BCUT2D eigenvalue weighted by Gasteiger charge is -2.35. The second kappa shape index (κ2) is 5.53. The maximum Gasteiger partial charge on any atom is 0.257 e. The van der Waals surface area contributed by atoms with Crippen LogP contribution in [0.2, 0.25) is 0 Å². The molecule has 1 aromatic carbocycles. The number of anilines is 1. The van der Waals surface area contributed by atoms with Crippen LogP contribution in [0.1, 0.15) is 32.6 Å². The Bertz CT molecular complexity index is 684. The van der Waals surface area contributed by atoms with E-state index in [1.807, 2.05) is 30.3 Å². The number of H-pyrrole nitrogens is 1. The van der Waals surface area contributed by atoms with Gasteiger partial charge in [0.15, 0.2) is 0 Å². The normalized spacial score (nSPS) is 25.9. The molecule has 0 unspecified atom stereocenters. The molecule has 1 aliphatic rings. The van der Waals surface area contributed by atoms with Gasteiger partial charge in [0.05, 0.1) is 5.60 Å². The molecule has 0 radical (unpaired) electrons. The molecule has 4 heteroatoms. The Morgan fingerprint density at radius 3 is 2.81 bits per heavy atom. The van der Waals surface area contributed by atoms with Gasteiger partial charge in [-0.2, -0.15) is 0 Å². The van der Waals surface area contributed by atoms with Crippen molar-refractivity contribution in [2.45, 2.75) is 38.2 Å². The zero-order valence-corrected chi connectivity index (χ0v) is 12.4. The van der Waals surface area contributed by atoms with Gasteiger partial charge in [0, 0.05) is 11.9 Å². The summed E-state index contributed by atoms with van der Waals surface area (Å²) >= 11 is 0. The molecular weight excluding hydrogens is 264 g/mol. The Hall–Kier alpha value is -1.81. The molecule has 0 amide bonds. The van der Waals surface area contributed by atoms with Crippen LogP contribution in [-0.2, 0) is 0 Å². The zero-order valence-electron chi connectivity index (χ0n) is 12.4. The van der Waals surface area contributed by atoms with Gasteiger partial charge in [-0.3, -0.25) is 4.79 Å². The van der Waals surface area contributed by atoms with E-state index in [1.165, 1.54) is 0 Å². The first-order valence-electron chi connectivity index (χ1n) is 7.64. The number of benzene rings is 1. The molecule has 1 aliphatic carbocycles. The van der Waals surface area contributed by atoms with Gasteiger partial charge in [-0.15, -0.1) is 0 Å². The van der Waals surface area contributed by atoms with Crippen molar-refractivity contribution < 1.29 is 5.11 Å². The highest BCUT2D eigenvalue weighted by Gasteiger charge is 2.31. The Morgan fingerprint density at radius 2 is 2.05 bits per heavy atom. The minimum absolute atomic E-state index is 0.0974. The maximum absolute atomic E-state index is 12.0. The first-order chi connectivity index (χ1) is 10.1. The summed E-state index contributed by atoms with van der Waals surface area (Å²) in [7, 11) is 0. The van der Waals surface area contributed by atoms with E-state index < -0.39 is 5.60 Å². The molecule has 1 heterocycles. The number of aromatic nitrogens is 1. The van der Waals surface area contributed by atoms with Crippen molar-refractivity contribution in [1.29, 1.82) is 0 Å². The van der Waals surface area contributed by atoms with E-state index in [0.717, 1.165) is 31.1 Å². The molecule has 3 rings (SSSR count). The van der Waals surface area contributed by atoms with Crippen LogP contribution in [0.15, 0.2) is 35.1 Å². The first-order valence-corrected chi connectivity index (χ1v) is 7.64. The number of fused-ring (bicyclic) bond motifs is 1. The van der Waals surface area contributed by atoms with E-state index in [-0.39, 0.29) is 5.56 Å². The molecule has 0 aliphatic heterocycles. The van der Waals surface area contributed by atoms with Crippen molar-refractivity contribution in [3.8, 4) is 0 Å². The number of pyridine rings is 1. The maximum atomic E-state index is 12.0. The third-order valence-electron chi connectivity index (χ3n) is 4.57. The largest absolute Gasteiger partial charge is 0.388 e. The molecule has 0 atom stereocenters. The predicted molar refractivity (Wildman–Crippen MR) is 85.6 cm³/mol. The molecule has 3 N–H and O–H groups in total. The average Bonchev–Trinajstić information content (AvgIpc) is 2.49. The number of rotatable bonds is 3. The number of hydrogen-bond acceptors (Lipinski definition) is 3. The summed E-state index contributed by atoms with van der Waals surface area (Å²) < 4.78 is 0. The Balaban J connectivity index is 1.75. The zero-order chi connectivity index (χ0) is 14.9. The van der Waals surface area contributed by atoms with E-state index in [2.05, 4.69) is 17.2 Å². The summed E-state index contributed by atoms with van der Waals surface area (Å²) in [5, 5.41) is 15.4. The fraction of sp³-hybridized carbons (Fsp3) is 0.471. The third-order valence-corrected chi connectivity index (χ3v) is 4.57. The molecule has 21 heavy (non-hydrogen) atoms. The fourth-order valence-corrected chi connectivity index (χ4v) is 3.04. The van der Waals surface area contributed by atoms with Crippen LogP contribution in [0.4, 0.5) is 5.82 Å². The Labute approximate surface area is 124 Å². The highest BCUT2D eigenvalue weighted by molar-refractivity contribution is 5.83. The van der Waals surface area contributed by atoms with E-state index in [1.54, 1.807) is 0 Å². The van der Waals surface area contributed by atoms with Crippen molar-refractivity contribution in [1.82, 2.24) is 4.98 Å². The van der Waals surface area contributed by atoms with Crippen LogP contribution < -0.4 is 10.9 Å². The summed E-state index contributed by atoms with van der Waals surface area (Å²) in [5.74, 6) is 1.37. The van der Waals surface area contributed by atoms with Gasteiger partial charge in [0.25, 0.3) is 5.56 Å². The molecule has 2 aromatic rings. The molecule has 4 nitrogen and oxygen atoms in total. The van der Waals surface area contributed by atoms with Crippen molar-refractivity contribution in [3.63, 3.8) is 0 Å². The van der Waals surface area contributed by atoms with Crippen molar-refractivity contribution in [3.05, 3.63) is 40.7 Å². The molecule has 0 saturated heterocycles. The molecule has 0 bridgehead atoms. The van der Waals surface area contributed by atoms with Crippen LogP contribution in [0.5, 0.6) is 0 Å². The van der Waals surface area contributed by atoms with Gasteiger partial charge in [0.2, 0.25) is 0 Å². The minimum Gasteiger partial charge on any atom is -0.388 e. The van der Waals surface area contributed by atoms with Crippen molar-refractivity contribution in [2.24, 2.45) is 5.92 Å². The summed E-state index contributed by atoms with van der Waals surface area (Å²) in [5.41, 5.74) is -0.755. The van der Waals surface area contributed by atoms with Crippen LogP contribution >= 0.6 is 0 Å². The van der Waals surface area contributed by atoms with E-state index in [0.29, 0.717) is 23.7 Å². The lowest BCUT2D eigenvalue weighted by molar-refractivity contribution is 0.00495. The van der Waals surface area contributed by atoms with Gasteiger partial charge in [0.1, 0.15) is 5.82 Å². The summed E-state index contributed by atoms with van der Waals surface area (Å²) in [4.78, 5) is 14.9. The molecule has 0 spiro atoms. The standard InChI is InChI=1S/C17H22N2O2/c1-12-6-8-17(21,9-7-12)11-18-15-10-13-4-2-3-5-14(13)16(20)19-15/h2-5,10,12,21H,6-9,11H2,1H3,(H2,18,19,20). The van der Waals surface area contributed by atoms with E-state index in [4.69, 9.17) is 0 Å². The monoisotopic (exact) mass is 286 g/mol. The SMILES string of the molecule is CC1CCC(O)(CNc2cc3ccccc3c(=O)[nH]2)CC1. The van der Waals surface area contributed by atoms with Crippen molar-refractivity contribution in [2.75, 3.05) is 11.9 Å². The Morgan fingerprint density at radius 1 is 1.33 bits per heavy atom. The van der Waals surface area contributed by atoms with E-state index >= 15 is 0 Å². The topological polar surface area (TPSA) is 65.1 Å². The van der Waals surface area contributed by atoms with Crippen molar-refractivity contribution >= 4 is 16.6 Å². The first kappa shape index (κ1) is 14.1. The average molecular weight is 286 g/mol. The number of hydrogen-bond donors (Lipinski definition) is 3. The Kier molecular flexibility index (Phi) is 3.72. The predicted octanol–water partition coefficient (Wildman–Crippen LogP) is 2.88. The third kappa shape index (κ3) is 3.10. The highest BCUT2D eigenvalue weighted by Crippen LogP contribution is 2.31. The highest BCUT2D eigenvalue weighted by atomic mass is 16.3. The van der Waals surface area contributed by atoms with Crippen LogP contribution in [0.25, 0.3) is 10.8 Å². The second-order valence-corrected chi connectivity index (χ2v) is 6.36. The quantitative estimate of drug-likeness (QED) is 0.813. The van der Waals surface area contributed by atoms with Gasteiger partial charge in [-0.25, -0.2) is 0 Å². The van der Waals surface area contributed by atoms with Crippen LogP contribution in [0.3, 0.4) is 0 Å². The van der Waals surface area contributed by atoms with Crippen LogP contribution in [-0.4, -0.2) is 22.2 Å². The molecular formula is C17H22N2O2. The molecule has 1 aromatic heterocycles. The van der Waals surface area contributed by atoms with Gasteiger partial charge in [-0.1, -0.05) is 25.1 Å². The summed E-state index contributed by atoms with van der Waals surface area (Å²) in [6.45, 7) is 2.71. The summed E-state index contributed by atoms with van der Waals surface area (Å²) in [6, 6.07) is 9.44. The smallest absolute Gasteiger partial charge is 0.257 e.